The number of rotatable bonds is 4. The van der Waals surface area contributed by atoms with Crippen molar-refractivity contribution < 1.29 is 18.0 Å². The third-order valence-electron chi connectivity index (χ3n) is 3.70. The minimum atomic E-state index is -4.89. The Balaban J connectivity index is 2.04. The molecule has 1 heterocycles. The number of thioether (sulfide) groups is 1. The molecule has 3 aromatic rings. The van der Waals surface area contributed by atoms with Gasteiger partial charge in [-0.3, -0.25) is 4.79 Å². The highest BCUT2D eigenvalue weighted by Crippen LogP contribution is 2.36. The van der Waals surface area contributed by atoms with Gasteiger partial charge in [-0.1, -0.05) is 36.4 Å². The summed E-state index contributed by atoms with van der Waals surface area (Å²) in [5.41, 5.74) is 1.56. The lowest BCUT2D eigenvalue weighted by Gasteiger charge is -2.08. The number of hydrogen-bond acceptors (Lipinski definition) is 2. The zero-order chi connectivity index (χ0) is 17.3. The molecule has 124 valence electrons. The van der Waals surface area contributed by atoms with Gasteiger partial charge in [0.15, 0.2) is 0 Å². The summed E-state index contributed by atoms with van der Waals surface area (Å²) in [5.74, 6) is -1.19. The molecule has 0 radical (unpaired) electrons. The molecular weight excluding hydrogens is 335 g/mol. The molecule has 0 atom stereocenters. The number of Topliss-reactive ketones (excluding diaryl/α,β-unsaturated/α-hetero) is 1. The molecule has 0 saturated carbocycles. The van der Waals surface area contributed by atoms with Gasteiger partial charge in [-0.25, -0.2) is 0 Å². The van der Waals surface area contributed by atoms with E-state index in [0.717, 1.165) is 5.56 Å². The maximum atomic E-state index is 12.9. The number of alkyl halides is 3. The van der Waals surface area contributed by atoms with E-state index < -0.39 is 12.0 Å². The predicted molar refractivity (Wildman–Crippen MR) is 89.4 cm³/mol. The number of aromatic amines is 1. The van der Waals surface area contributed by atoms with E-state index in [1.807, 2.05) is 30.3 Å². The Hall–Kier alpha value is -2.21. The van der Waals surface area contributed by atoms with Crippen LogP contribution in [0, 0.1) is 6.92 Å². The first-order chi connectivity index (χ1) is 11.4. The SMILES string of the molecule is Cc1[nH]c2cccc(SCc3ccccc3)c2c1C(=O)C(F)(F)F. The van der Waals surface area contributed by atoms with Crippen LogP contribution in [0.1, 0.15) is 21.6 Å². The molecule has 0 amide bonds. The summed E-state index contributed by atoms with van der Waals surface area (Å²) in [7, 11) is 0. The fourth-order valence-corrected chi connectivity index (χ4v) is 3.67. The van der Waals surface area contributed by atoms with Crippen molar-refractivity contribution in [2.75, 3.05) is 0 Å². The van der Waals surface area contributed by atoms with Crippen LogP contribution in [0.25, 0.3) is 10.9 Å². The van der Waals surface area contributed by atoms with Gasteiger partial charge in [-0.15, -0.1) is 11.8 Å². The highest BCUT2D eigenvalue weighted by molar-refractivity contribution is 7.98. The summed E-state index contributed by atoms with van der Waals surface area (Å²) >= 11 is 1.42. The number of aromatic nitrogens is 1. The van der Waals surface area contributed by atoms with Crippen molar-refractivity contribution in [2.45, 2.75) is 23.7 Å². The van der Waals surface area contributed by atoms with Gasteiger partial charge in [-0.2, -0.15) is 13.2 Å². The monoisotopic (exact) mass is 349 g/mol. The highest BCUT2D eigenvalue weighted by Gasteiger charge is 2.41. The summed E-state index contributed by atoms with van der Waals surface area (Å²) in [5, 5.41) is 0.346. The summed E-state index contributed by atoms with van der Waals surface area (Å²) < 4.78 is 38.8. The molecule has 0 aliphatic carbocycles. The second kappa shape index (κ2) is 6.36. The first-order valence-electron chi connectivity index (χ1n) is 7.27. The predicted octanol–water partition coefficient (Wildman–Crippen LogP) is 5.51. The van der Waals surface area contributed by atoms with Gasteiger partial charge in [-0.05, 0) is 24.6 Å². The number of aryl methyl sites for hydroxylation is 1. The lowest BCUT2D eigenvalue weighted by Crippen LogP contribution is -2.23. The normalized spacial score (nSPS) is 11.8. The third-order valence-corrected chi connectivity index (χ3v) is 4.82. The van der Waals surface area contributed by atoms with E-state index in [2.05, 4.69) is 4.98 Å². The molecular formula is C18H14F3NOS. The van der Waals surface area contributed by atoms with Crippen LogP contribution in [0.2, 0.25) is 0 Å². The molecule has 0 unspecified atom stereocenters. The third kappa shape index (κ3) is 3.19. The molecule has 3 rings (SSSR count). The number of hydrogen-bond donors (Lipinski definition) is 1. The van der Waals surface area contributed by atoms with E-state index in [0.29, 0.717) is 21.6 Å². The maximum absolute atomic E-state index is 12.9. The van der Waals surface area contributed by atoms with E-state index >= 15 is 0 Å². The molecule has 0 aliphatic heterocycles. The zero-order valence-corrected chi connectivity index (χ0v) is 13.6. The van der Waals surface area contributed by atoms with Gasteiger partial charge in [0, 0.05) is 27.2 Å². The first-order valence-corrected chi connectivity index (χ1v) is 8.26. The van der Waals surface area contributed by atoms with E-state index in [1.54, 1.807) is 18.2 Å². The van der Waals surface area contributed by atoms with Gasteiger partial charge in [0.1, 0.15) is 0 Å². The molecule has 0 saturated heterocycles. The molecule has 0 aliphatic rings. The number of carbonyl (C=O) groups is 1. The standard InChI is InChI=1S/C18H14F3NOS/c1-11-15(17(23)18(19,20)21)16-13(22-11)8-5-9-14(16)24-10-12-6-3-2-4-7-12/h2-9,22H,10H2,1H3. The lowest BCUT2D eigenvalue weighted by atomic mass is 10.1. The second-order valence-electron chi connectivity index (χ2n) is 5.40. The van der Waals surface area contributed by atoms with E-state index in [-0.39, 0.29) is 11.3 Å². The number of fused-ring (bicyclic) bond motifs is 1. The smallest absolute Gasteiger partial charge is 0.358 e. The van der Waals surface area contributed by atoms with E-state index in [1.165, 1.54) is 18.7 Å². The molecule has 24 heavy (non-hydrogen) atoms. The van der Waals surface area contributed by atoms with Crippen molar-refractivity contribution in [1.29, 1.82) is 0 Å². The minimum Gasteiger partial charge on any atom is -0.358 e. The molecule has 0 bridgehead atoms. The van der Waals surface area contributed by atoms with Crippen LogP contribution in [0.4, 0.5) is 13.2 Å². The van der Waals surface area contributed by atoms with E-state index in [9.17, 15) is 18.0 Å². The van der Waals surface area contributed by atoms with Gasteiger partial charge in [0.05, 0.1) is 5.56 Å². The fraction of sp³-hybridized carbons (Fsp3) is 0.167. The van der Waals surface area contributed by atoms with Gasteiger partial charge in [0.2, 0.25) is 0 Å². The zero-order valence-electron chi connectivity index (χ0n) is 12.8. The highest BCUT2D eigenvalue weighted by atomic mass is 32.2. The molecule has 2 nitrogen and oxygen atoms in total. The number of ketones is 1. The Labute approximate surface area is 141 Å². The Bertz CT molecular complexity index is 884. The van der Waals surface area contributed by atoms with Gasteiger partial charge >= 0.3 is 6.18 Å². The number of benzene rings is 2. The van der Waals surface area contributed by atoms with Crippen LogP contribution in [-0.4, -0.2) is 16.9 Å². The average molecular weight is 349 g/mol. The van der Waals surface area contributed by atoms with Crippen molar-refractivity contribution in [3.05, 3.63) is 65.4 Å². The Morgan fingerprint density at radius 3 is 2.46 bits per heavy atom. The van der Waals surface area contributed by atoms with Crippen LogP contribution >= 0.6 is 11.8 Å². The molecule has 6 heteroatoms. The quantitative estimate of drug-likeness (QED) is 0.497. The number of carbonyl (C=O) groups excluding carboxylic acids is 1. The van der Waals surface area contributed by atoms with Gasteiger partial charge < -0.3 is 4.98 Å². The summed E-state index contributed by atoms with van der Waals surface area (Å²) in [6.07, 6.45) is -4.89. The summed E-state index contributed by atoms with van der Waals surface area (Å²) in [4.78, 5) is 15.4. The Kier molecular flexibility index (Phi) is 4.41. The Morgan fingerprint density at radius 1 is 1.08 bits per heavy atom. The van der Waals surface area contributed by atoms with Crippen LogP contribution < -0.4 is 0 Å². The van der Waals surface area contributed by atoms with Crippen LogP contribution in [0.3, 0.4) is 0 Å². The van der Waals surface area contributed by atoms with Crippen molar-refractivity contribution in [1.82, 2.24) is 4.98 Å². The largest absolute Gasteiger partial charge is 0.454 e. The first kappa shape index (κ1) is 16.6. The van der Waals surface area contributed by atoms with Crippen molar-refractivity contribution in [2.24, 2.45) is 0 Å². The van der Waals surface area contributed by atoms with Crippen LogP contribution in [0.15, 0.2) is 53.4 Å². The van der Waals surface area contributed by atoms with Crippen LogP contribution in [0.5, 0.6) is 0 Å². The maximum Gasteiger partial charge on any atom is 0.454 e. The van der Waals surface area contributed by atoms with E-state index in [4.69, 9.17) is 0 Å². The topological polar surface area (TPSA) is 32.9 Å². The molecule has 1 N–H and O–H groups in total. The van der Waals surface area contributed by atoms with Crippen molar-refractivity contribution in [3.63, 3.8) is 0 Å². The lowest BCUT2D eigenvalue weighted by molar-refractivity contribution is -0.0884. The average Bonchev–Trinajstić information content (AvgIpc) is 2.88. The molecule has 2 aromatic carbocycles. The fourth-order valence-electron chi connectivity index (χ4n) is 2.63. The molecule has 1 aromatic heterocycles. The molecule has 0 fully saturated rings. The Morgan fingerprint density at radius 2 is 1.79 bits per heavy atom. The number of H-pyrrole nitrogens is 1. The summed E-state index contributed by atoms with van der Waals surface area (Å²) in [6, 6.07) is 14.8. The van der Waals surface area contributed by atoms with Gasteiger partial charge in [0.25, 0.3) is 5.78 Å². The number of nitrogens with one attached hydrogen (secondary N) is 1. The number of halogens is 3. The van der Waals surface area contributed by atoms with Crippen molar-refractivity contribution >= 4 is 28.4 Å². The summed E-state index contributed by atoms with van der Waals surface area (Å²) in [6.45, 7) is 1.49. The minimum absolute atomic E-state index is 0.236. The van der Waals surface area contributed by atoms with Crippen molar-refractivity contribution in [3.8, 4) is 0 Å². The molecule has 0 spiro atoms. The second-order valence-corrected chi connectivity index (χ2v) is 6.42. The van der Waals surface area contributed by atoms with Crippen LogP contribution in [-0.2, 0) is 5.75 Å².